The molecule has 0 fully saturated rings. The van der Waals surface area contributed by atoms with Gasteiger partial charge in [-0.05, 0) is 30.3 Å². The Kier molecular flexibility index (Phi) is 6.10. The van der Waals surface area contributed by atoms with Crippen molar-refractivity contribution in [1.82, 2.24) is 14.1 Å². The summed E-state index contributed by atoms with van der Waals surface area (Å²) in [7, 11) is 0. The molecule has 0 aliphatic carbocycles. The summed E-state index contributed by atoms with van der Waals surface area (Å²) in [5, 5.41) is 23.4. The van der Waals surface area contributed by atoms with Crippen molar-refractivity contribution in [3.05, 3.63) is 102 Å². The van der Waals surface area contributed by atoms with Crippen LogP contribution < -0.4 is 10.9 Å². The van der Waals surface area contributed by atoms with E-state index >= 15 is 0 Å². The van der Waals surface area contributed by atoms with E-state index in [2.05, 4.69) is 27.1 Å². The highest BCUT2D eigenvalue weighted by molar-refractivity contribution is 5.97. The van der Waals surface area contributed by atoms with Gasteiger partial charge >= 0.3 is 0 Å². The molecule has 0 bridgehead atoms. The van der Waals surface area contributed by atoms with Crippen LogP contribution in [-0.2, 0) is 17.9 Å². The first-order valence-electron chi connectivity index (χ1n) is 11.2. The lowest BCUT2D eigenvalue weighted by Crippen LogP contribution is -2.20. The third-order valence-corrected chi connectivity index (χ3v) is 5.67. The zero-order valence-corrected chi connectivity index (χ0v) is 19.2. The fraction of sp³-hybridized carbons (Fsp3) is 0.0741. The molecule has 178 valence electrons. The number of anilines is 1. The molecule has 2 N–H and O–H groups in total. The molecule has 0 aliphatic heterocycles. The molecular weight excluding hydrogens is 456 g/mol. The smallest absolute Gasteiger partial charge is 0.263 e. The number of carbonyl (C=O) groups is 1. The highest BCUT2D eigenvalue weighted by Crippen LogP contribution is 2.39. The number of allylic oxidation sites excluding steroid dienone is 1. The van der Waals surface area contributed by atoms with Gasteiger partial charge in [-0.25, -0.2) is 4.98 Å². The summed E-state index contributed by atoms with van der Waals surface area (Å²) in [6.07, 6.45) is 1.57. The van der Waals surface area contributed by atoms with Gasteiger partial charge in [0.15, 0.2) is 5.69 Å². The van der Waals surface area contributed by atoms with Crippen LogP contribution in [0, 0.1) is 0 Å². The van der Waals surface area contributed by atoms with Gasteiger partial charge in [0.2, 0.25) is 11.8 Å². The lowest BCUT2D eigenvalue weighted by molar-refractivity contribution is -0.116. The molecule has 36 heavy (non-hydrogen) atoms. The number of fused-ring (bicyclic) bond motifs is 2. The van der Waals surface area contributed by atoms with Crippen LogP contribution in [0.3, 0.4) is 0 Å². The zero-order chi connectivity index (χ0) is 25.1. The first-order valence-corrected chi connectivity index (χ1v) is 11.2. The van der Waals surface area contributed by atoms with Crippen molar-refractivity contribution in [3.63, 3.8) is 0 Å². The molecule has 0 aliphatic rings. The molecule has 0 saturated carbocycles. The monoisotopic (exact) mass is 478 g/mol. The van der Waals surface area contributed by atoms with Crippen molar-refractivity contribution in [2.24, 2.45) is 10.2 Å². The minimum absolute atomic E-state index is 0.0802. The van der Waals surface area contributed by atoms with E-state index in [0.717, 1.165) is 0 Å². The number of hydrogen-bond donors (Lipinski definition) is 2. The Morgan fingerprint density at radius 1 is 0.944 bits per heavy atom. The first-order chi connectivity index (χ1) is 17.6. The molecule has 0 saturated heterocycles. The van der Waals surface area contributed by atoms with Crippen LogP contribution in [0.25, 0.3) is 21.8 Å². The predicted octanol–water partition coefficient (Wildman–Crippen LogP) is 5.30. The number of para-hydroxylation sites is 3. The van der Waals surface area contributed by atoms with Gasteiger partial charge in [-0.15, -0.1) is 16.8 Å². The molecule has 0 unspecified atom stereocenters. The van der Waals surface area contributed by atoms with Crippen LogP contribution >= 0.6 is 0 Å². The van der Waals surface area contributed by atoms with Crippen LogP contribution in [-0.4, -0.2) is 25.1 Å². The number of nitrogens with one attached hydrogen (secondary N) is 1. The van der Waals surface area contributed by atoms with Crippen molar-refractivity contribution in [2.45, 2.75) is 13.1 Å². The Morgan fingerprint density at radius 3 is 2.42 bits per heavy atom. The number of aromatic hydroxyl groups is 1. The van der Waals surface area contributed by atoms with Gasteiger partial charge in [0.05, 0.1) is 16.4 Å². The minimum Gasteiger partial charge on any atom is -0.493 e. The molecule has 2 aromatic heterocycles. The summed E-state index contributed by atoms with van der Waals surface area (Å²) in [4.78, 5) is 30.2. The van der Waals surface area contributed by atoms with Gasteiger partial charge in [-0.3, -0.25) is 14.2 Å². The minimum atomic E-state index is -0.309. The Bertz CT molecular complexity index is 1690. The molecular formula is C27H22N6O3. The summed E-state index contributed by atoms with van der Waals surface area (Å²) in [5.74, 6) is -0.449. The van der Waals surface area contributed by atoms with Crippen LogP contribution in [0.4, 0.5) is 17.3 Å². The van der Waals surface area contributed by atoms with Gasteiger partial charge in [-0.1, -0.05) is 54.6 Å². The Hall–Kier alpha value is -5.05. The molecule has 1 amide bonds. The van der Waals surface area contributed by atoms with E-state index in [1.165, 1.54) is 9.13 Å². The van der Waals surface area contributed by atoms with Gasteiger partial charge in [-0.2, -0.15) is 0 Å². The number of benzene rings is 3. The van der Waals surface area contributed by atoms with E-state index in [0.29, 0.717) is 27.5 Å². The molecule has 0 spiro atoms. The van der Waals surface area contributed by atoms with Crippen LogP contribution in [0.2, 0.25) is 0 Å². The summed E-state index contributed by atoms with van der Waals surface area (Å²) >= 11 is 0. The normalized spacial score (nSPS) is 11.3. The molecule has 3 aromatic carbocycles. The maximum atomic E-state index is 13.0. The summed E-state index contributed by atoms with van der Waals surface area (Å²) in [5.41, 5.74) is 1.66. The highest BCUT2D eigenvalue weighted by atomic mass is 16.3. The largest absolute Gasteiger partial charge is 0.493 e. The fourth-order valence-electron chi connectivity index (χ4n) is 4.02. The number of amides is 1. The van der Waals surface area contributed by atoms with Crippen LogP contribution in [0.5, 0.6) is 5.88 Å². The van der Waals surface area contributed by atoms with Crippen molar-refractivity contribution >= 4 is 45.0 Å². The topological polar surface area (TPSA) is 114 Å². The third-order valence-electron chi connectivity index (χ3n) is 5.67. The van der Waals surface area contributed by atoms with Crippen molar-refractivity contribution in [2.75, 3.05) is 5.32 Å². The molecule has 9 nitrogen and oxygen atoms in total. The molecule has 9 heteroatoms. The van der Waals surface area contributed by atoms with Gasteiger partial charge in [0.1, 0.15) is 6.54 Å². The summed E-state index contributed by atoms with van der Waals surface area (Å²) in [6, 6.07) is 23.2. The van der Waals surface area contributed by atoms with Crippen LogP contribution in [0.1, 0.15) is 0 Å². The lowest BCUT2D eigenvalue weighted by Gasteiger charge is -2.08. The predicted molar refractivity (Wildman–Crippen MR) is 139 cm³/mol. The molecule has 5 rings (SSSR count). The van der Waals surface area contributed by atoms with E-state index in [-0.39, 0.29) is 42.1 Å². The number of carbonyl (C=O) groups excluding carboxylic acids is 1. The van der Waals surface area contributed by atoms with Crippen molar-refractivity contribution in [1.29, 1.82) is 0 Å². The number of hydrogen-bond acceptors (Lipinski definition) is 6. The Morgan fingerprint density at radius 2 is 1.64 bits per heavy atom. The fourth-order valence-corrected chi connectivity index (χ4v) is 4.02. The summed E-state index contributed by atoms with van der Waals surface area (Å²) in [6.45, 7) is 3.77. The molecule has 0 atom stereocenters. The third kappa shape index (κ3) is 4.25. The lowest BCUT2D eigenvalue weighted by atomic mass is 10.2. The number of rotatable bonds is 7. The second-order valence-corrected chi connectivity index (χ2v) is 8.02. The Balaban J connectivity index is 1.55. The van der Waals surface area contributed by atoms with Crippen molar-refractivity contribution < 1.29 is 9.90 Å². The average Bonchev–Trinajstić information content (AvgIpc) is 3.15. The second-order valence-electron chi connectivity index (χ2n) is 8.02. The highest BCUT2D eigenvalue weighted by Gasteiger charge is 2.19. The van der Waals surface area contributed by atoms with E-state index in [4.69, 9.17) is 0 Å². The van der Waals surface area contributed by atoms with Crippen LogP contribution in [0.15, 0.2) is 107 Å². The number of azo groups is 1. The Labute approximate surface area is 205 Å². The van der Waals surface area contributed by atoms with Gasteiger partial charge in [0.25, 0.3) is 11.5 Å². The van der Waals surface area contributed by atoms with Gasteiger partial charge in [0, 0.05) is 17.6 Å². The van der Waals surface area contributed by atoms with E-state index in [1.54, 1.807) is 66.7 Å². The molecule has 2 heterocycles. The SMILES string of the molecule is C=CCn1c(N=Nc2c(O)n(CC(=O)Nc3ccccc3)c3ccccc23)nc2ccccc2c1=O. The van der Waals surface area contributed by atoms with Crippen molar-refractivity contribution in [3.8, 4) is 5.88 Å². The quantitative estimate of drug-likeness (QED) is 0.244. The standard InChI is InChI=1S/C27H22N6O3/c1-2-16-32-25(35)19-12-6-8-14-21(19)29-27(32)31-30-24-20-13-7-9-15-22(20)33(26(24)36)17-23(34)28-18-10-4-3-5-11-18/h2-15,36H,1,16-17H2,(H,28,34). The molecule has 0 radical (unpaired) electrons. The average molecular weight is 479 g/mol. The summed E-state index contributed by atoms with van der Waals surface area (Å²) < 4.78 is 2.83. The molecule has 5 aromatic rings. The number of aromatic nitrogens is 3. The van der Waals surface area contributed by atoms with E-state index in [1.807, 2.05) is 18.2 Å². The number of nitrogens with zero attached hydrogens (tertiary/aromatic N) is 5. The maximum Gasteiger partial charge on any atom is 0.263 e. The van der Waals surface area contributed by atoms with E-state index in [9.17, 15) is 14.7 Å². The van der Waals surface area contributed by atoms with Gasteiger partial charge < -0.3 is 15.0 Å². The van der Waals surface area contributed by atoms with E-state index < -0.39 is 0 Å². The first kappa shape index (κ1) is 22.7. The maximum absolute atomic E-state index is 13.0. The second kappa shape index (κ2) is 9.67. The zero-order valence-electron chi connectivity index (χ0n) is 19.2.